The minimum atomic E-state index is -0.108. The number of ether oxygens (including phenoxy) is 2. The third kappa shape index (κ3) is 1.91. The number of fused-ring (bicyclic) bond motifs is 1. The second-order valence-corrected chi connectivity index (χ2v) is 4.16. The Labute approximate surface area is 111 Å². The van der Waals surface area contributed by atoms with Crippen LogP contribution in [-0.2, 0) is 4.79 Å². The van der Waals surface area contributed by atoms with Crippen LogP contribution in [0.25, 0.3) is 0 Å². The van der Waals surface area contributed by atoms with Gasteiger partial charge in [-0.25, -0.2) is 0 Å². The highest BCUT2D eigenvalue weighted by atomic mass is 16.5. The molecule has 0 aromatic heterocycles. The van der Waals surface area contributed by atoms with Crippen LogP contribution in [0.1, 0.15) is 0 Å². The van der Waals surface area contributed by atoms with Crippen molar-refractivity contribution < 1.29 is 14.3 Å². The number of para-hydroxylation sites is 4. The molecule has 4 heteroatoms. The zero-order valence-electron chi connectivity index (χ0n) is 10.5. The highest BCUT2D eigenvalue weighted by Gasteiger charge is 2.28. The van der Waals surface area contributed by atoms with Crippen molar-refractivity contribution in [2.24, 2.45) is 0 Å². The first-order valence-electron chi connectivity index (χ1n) is 5.99. The SMILES string of the molecule is COc1ccccc1N1C(=O)COc2ccccc21. The number of rotatable bonds is 2. The Balaban J connectivity index is 2.16. The van der Waals surface area contributed by atoms with Gasteiger partial charge in [-0.05, 0) is 24.3 Å². The first-order chi connectivity index (χ1) is 9.31. The molecule has 1 aliphatic rings. The lowest BCUT2D eigenvalue weighted by Gasteiger charge is -2.30. The molecule has 0 saturated carbocycles. The minimum absolute atomic E-state index is 0.0368. The molecule has 0 fully saturated rings. The quantitative estimate of drug-likeness (QED) is 0.828. The highest BCUT2D eigenvalue weighted by Crippen LogP contribution is 2.40. The Bertz CT molecular complexity index is 624. The van der Waals surface area contributed by atoms with E-state index in [1.807, 2.05) is 48.5 Å². The van der Waals surface area contributed by atoms with E-state index in [4.69, 9.17) is 9.47 Å². The topological polar surface area (TPSA) is 38.8 Å². The van der Waals surface area contributed by atoms with Crippen LogP contribution in [0, 0.1) is 0 Å². The molecule has 0 N–H and O–H groups in total. The van der Waals surface area contributed by atoms with E-state index in [1.54, 1.807) is 12.0 Å². The van der Waals surface area contributed by atoms with Crippen LogP contribution >= 0.6 is 0 Å². The Morgan fingerprint density at radius 1 is 1.05 bits per heavy atom. The van der Waals surface area contributed by atoms with Crippen LogP contribution in [0.2, 0.25) is 0 Å². The van der Waals surface area contributed by atoms with Crippen molar-refractivity contribution in [3.63, 3.8) is 0 Å². The predicted octanol–water partition coefficient (Wildman–Crippen LogP) is 2.75. The van der Waals surface area contributed by atoms with Gasteiger partial charge in [0, 0.05) is 0 Å². The fourth-order valence-electron chi connectivity index (χ4n) is 2.18. The second-order valence-electron chi connectivity index (χ2n) is 4.16. The molecule has 19 heavy (non-hydrogen) atoms. The van der Waals surface area contributed by atoms with Crippen LogP contribution in [0.5, 0.6) is 11.5 Å². The van der Waals surface area contributed by atoms with Crippen LogP contribution in [0.4, 0.5) is 11.4 Å². The monoisotopic (exact) mass is 255 g/mol. The lowest BCUT2D eigenvalue weighted by atomic mass is 10.2. The van der Waals surface area contributed by atoms with Crippen molar-refractivity contribution >= 4 is 17.3 Å². The molecule has 4 nitrogen and oxygen atoms in total. The number of amides is 1. The summed E-state index contributed by atoms with van der Waals surface area (Å²) in [5.74, 6) is 1.25. The normalized spacial score (nSPS) is 13.7. The maximum atomic E-state index is 12.2. The van der Waals surface area contributed by atoms with Gasteiger partial charge < -0.3 is 9.47 Å². The molecule has 0 aliphatic carbocycles. The number of nitrogens with zero attached hydrogens (tertiary/aromatic N) is 1. The van der Waals surface area contributed by atoms with Gasteiger partial charge in [-0.1, -0.05) is 24.3 Å². The number of benzene rings is 2. The van der Waals surface area contributed by atoms with Gasteiger partial charge in [-0.3, -0.25) is 9.69 Å². The van der Waals surface area contributed by atoms with Gasteiger partial charge in [0.2, 0.25) is 0 Å². The first kappa shape index (κ1) is 11.6. The Morgan fingerprint density at radius 3 is 2.53 bits per heavy atom. The average Bonchev–Trinajstić information content (AvgIpc) is 2.47. The van der Waals surface area contributed by atoms with E-state index in [0.717, 1.165) is 11.4 Å². The van der Waals surface area contributed by atoms with Crippen molar-refractivity contribution in [2.45, 2.75) is 0 Å². The molecular formula is C15H13NO3. The van der Waals surface area contributed by atoms with Gasteiger partial charge >= 0.3 is 0 Å². The van der Waals surface area contributed by atoms with Crippen molar-refractivity contribution in [2.75, 3.05) is 18.6 Å². The average molecular weight is 255 g/mol. The third-order valence-corrected chi connectivity index (χ3v) is 3.03. The van der Waals surface area contributed by atoms with Gasteiger partial charge in [0.1, 0.15) is 11.5 Å². The lowest BCUT2D eigenvalue weighted by molar-refractivity contribution is -0.120. The second kappa shape index (κ2) is 4.65. The van der Waals surface area contributed by atoms with E-state index < -0.39 is 0 Å². The number of anilines is 2. The summed E-state index contributed by atoms with van der Waals surface area (Å²) in [5.41, 5.74) is 1.47. The van der Waals surface area contributed by atoms with Gasteiger partial charge in [-0.2, -0.15) is 0 Å². The molecule has 1 amide bonds. The summed E-state index contributed by atoms with van der Waals surface area (Å²) < 4.78 is 10.8. The fourth-order valence-corrected chi connectivity index (χ4v) is 2.18. The van der Waals surface area contributed by atoms with Crippen LogP contribution < -0.4 is 14.4 Å². The van der Waals surface area contributed by atoms with Crippen molar-refractivity contribution in [3.8, 4) is 11.5 Å². The predicted molar refractivity (Wildman–Crippen MR) is 72.1 cm³/mol. The Kier molecular flexibility index (Phi) is 2.83. The molecule has 0 saturated heterocycles. The van der Waals surface area contributed by atoms with E-state index in [0.29, 0.717) is 11.5 Å². The zero-order chi connectivity index (χ0) is 13.2. The van der Waals surface area contributed by atoms with Crippen molar-refractivity contribution in [3.05, 3.63) is 48.5 Å². The van der Waals surface area contributed by atoms with E-state index in [1.165, 1.54) is 0 Å². The van der Waals surface area contributed by atoms with E-state index >= 15 is 0 Å². The smallest absolute Gasteiger partial charge is 0.269 e. The largest absolute Gasteiger partial charge is 0.495 e. The number of hydrogen-bond acceptors (Lipinski definition) is 3. The molecule has 96 valence electrons. The Hall–Kier alpha value is -2.49. The maximum absolute atomic E-state index is 12.2. The molecule has 0 radical (unpaired) electrons. The Morgan fingerprint density at radius 2 is 1.74 bits per heavy atom. The summed E-state index contributed by atoms with van der Waals surface area (Å²) in [6.07, 6.45) is 0. The molecule has 0 atom stereocenters. The first-order valence-corrected chi connectivity index (χ1v) is 5.99. The molecule has 0 unspecified atom stereocenters. The number of hydrogen-bond donors (Lipinski definition) is 0. The third-order valence-electron chi connectivity index (χ3n) is 3.03. The molecule has 2 aromatic rings. The molecule has 0 spiro atoms. The van der Waals surface area contributed by atoms with Gasteiger partial charge in [0.15, 0.2) is 6.61 Å². The number of methoxy groups -OCH3 is 1. The molecular weight excluding hydrogens is 242 g/mol. The molecule has 1 aliphatic heterocycles. The standard InChI is InChI=1S/C15H13NO3/c1-18-13-8-4-2-6-11(13)16-12-7-3-5-9-14(12)19-10-15(16)17/h2-9H,10H2,1H3. The van der Waals surface area contributed by atoms with Crippen molar-refractivity contribution in [1.82, 2.24) is 0 Å². The van der Waals surface area contributed by atoms with Crippen LogP contribution in [-0.4, -0.2) is 19.6 Å². The number of carbonyl (C=O) groups is 1. The summed E-state index contributed by atoms with van der Waals surface area (Å²) in [7, 11) is 1.59. The van der Waals surface area contributed by atoms with Crippen LogP contribution in [0.3, 0.4) is 0 Å². The number of carbonyl (C=O) groups excluding carboxylic acids is 1. The molecule has 2 aromatic carbocycles. The van der Waals surface area contributed by atoms with E-state index in [-0.39, 0.29) is 12.5 Å². The van der Waals surface area contributed by atoms with Crippen molar-refractivity contribution in [1.29, 1.82) is 0 Å². The minimum Gasteiger partial charge on any atom is -0.495 e. The molecule has 3 rings (SSSR count). The zero-order valence-corrected chi connectivity index (χ0v) is 10.5. The molecule has 1 heterocycles. The van der Waals surface area contributed by atoms with Crippen LogP contribution in [0.15, 0.2) is 48.5 Å². The van der Waals surface area contributed by atoms with E-state index in [9.17, 15) is 4.79 Å². The van der Waals surface area contributed by atoms with E-state index in [2.05, 4.69) is 0 Å². The van der Waals surface area contributed by atoms with Gasteiger partial charge in [0.25, 0.3) is 5.91 Å². The summed E-state index contributed by atoms with van der Waals surface area (Å²) in [5, 5.41) is 0. The summed E-state index contributed by atoms with van der Waals surface area (Å²) in [6, 6.07) is 14.9. The fraction of sp³-hybridized carbons (Fsp3) is 0.133. The summed E-state index contributed by atoms with van der Waals surface area (Å²) in [4.78, 5) is 13.8. The summed E-state index contributed by atoms with van der Waals surface area (Å²) in [6.45, 7) is 0.0368. The van der Waals surface area contributed by atoms with Gasteiger partial charge in [-0.15, -0.1) is 0 Å². The van der Waals surface area contributed by atoms with Gasteiger partial charge in [0.05, 0.1) is 18.5 Å². The maximum Gasteiger partial charge on any atom is 0.269 e. The lowest BCUT2D eigenvalue weighted by Crippen LogP contribution is -2.35. The highest BCUT2D eigenvalue weighted by molar-refractivity contribution is 6.05. The molecule has 0 bridgehead atoms. The summed E-state index contributed by atoms with van der Waals surface area (Å²) >= 11 is 0.